The van der Waals surface area contributed by atoms with Crippen LogP contribution in [0.5, 0.6) is 0 Å². The van der Waals surface area contributed by atoms with E-state index < -0.39 is 56.5 Å². The molecule has 1 unspecified atom stereocenters. The molecule has 40 heavy (non-hydrogen) atoms. The number of methoxy groups -OCH3 is 1. The van der Waals surface area contributed by atoms with Crippen molar-refractivity contribution in [3.63, 3.8) is 0 Å². The first-order chi connectivity index (χ1) is 19.1. The number of carbonyl (C=O) groups excluding carboxylic acids is 3. The van der Waals surface area contributed by atoms with E-state index >= 15 is 0 Å². The number of nitrogen functional groups attached to an aromatic ring is 1. The van der Waals surface area contributed by atoms with Crippen molar-refractivity contribution in [2.45, 2.75) is 70.8 Å². The maximum Gasteiger partial charge on any atom is 0.323 e. The third kappa shape index (κ3) is 7.98. The van der Waals surface area contributed by atoms with Crippen LogP contribution < -0.4 is 10.8 Å². The molecule has 0 spiro atoms. The van der Waals surface area contributed by atoms with Gasteiger partial charge in [-0.3, -0.25) is 18.9 Å². The molecule has 2 heterocycles. The van der Waals surface area contributed by atoms with Gasteiger partial charge in [0.25, 0.3) is 8.18 Å². The molecule has 0 aliphatic rings. The molecule has 0 radical (unpaired) electrons. The summed E-state index contributed by atoms with van der Waals surface area (Å²) in [5.74, 6) is -1.93. The second kappa shape index (κ2) is 15.3. The van der Waals surface area contributed by atoms with Gasteiger partial charge in [0.2, 0.25) is 5.60 Å². The van der Waals surface area contributed by atoms with E-state index in [1.54, 1.807) is 13.0 Å². The van der Waals surface area contributed by atoms with Crippen LogP contribution in [-0.2, 0) is 42.4 Å². The van der Waals surface area contributed by atoms with E-state index in [0.29, 0.717) is 11.9 Å². The molecule has 15 nitrogen and oxygen atoms in total. The number of nitriles is 1. The largest absolute Gasteiger partial charge is 0.465 e. The molecule has 0 aliphatic carbocycles. The first-order valence-corrected chi connectivity index (χ1v) is 13.9. The third-order valence-electron chi connectivity index (χ3n) is 5.74. The van der Waals surface area contributed by atoms with Gasteiger partial charge in [-0.1, -0.05) is 20.8 Å². The summed E-state index contributed by atoms with van der Waals surface area (Å²) in [5.41, 5.74) is 4.37. The number of hydrogen-bond donors (Lipinski definition) is 2. The molecule has 3 N–H and O–H groups in total. The quantitative estimate of drug-likeness (QED) is 0.165. The average Bonchev–Trinajstić information content (AvgIpc) is 3.39. The number of anilines is 1. The van der Waals surface area contributed by atoms with E-state index in [1.165, 1.54) is 30.8 Å². The van der Waals surface area contributed by atoms with Gasteiger partial charge >= 0.3 is 17.9 Å². The monoisotopic (exact) mass is 582 g/mol. The number of nitrogens with zero attached hydrogens (tertiary/aromatic N) is 4. The summed E-state index contributed by atoms with van der Waals surface area (Å²) < 4.78 is 41.3. The van der Waals surface area contributed by atoms with E-state index in [2.05, 4.69) is 15.2 Å². The minimum Gasteiger partial charge on any atom is -0.465 e. The molecule has 220 valence electrons. The van der Waals surface area contributed by atoms with Crippen molar-refractivity contribution in [1.29, 1.82) is 5.26 Å². The fourth-order valence-electron chi connectivity index (χ4n) is 3.49. The zero-order valence-corrected chi connectivity index (χ0v) is 24.0. The smallest absolute Gasteiger partial charge is 0.323 e. The lowest BCUT2D eigenvalue weighted by molar-refractivity contribution is -0.193. The Morgan fingerprint density at radius 2 is 1.88 bits per heavy atom. The van der Waals surface area contributed by atoms with Gasteiger partial charge in [0, 0.05) is 20.0 Å². The number of esters is 3. The number of carbonyl (C=O) groups is 3. The van der Waals surface area contributed by atoms with E-state index in [9.17, 15) is 24.2 Å². The molecule has 0 amide bonds. The first kappa shape index (κ1) is 32.6. The Morgan fingerprint density at radius 3 is 2.48 bits per heavy atom. The van der Waals surface area contributed by atoms with Crippen molar-refractivity contribution in [1.82, 2.24) is 19.7 Å². The summed E-state index contributed by atoms with van der Waals surface area (Å²) in [7, 11) is -1.99. The Balaban J connectivity index is 2.50. The fourth-order valence-corrected chi connectivity index (χ4v) is 4.39. The standard InChI is InChI=1S/C24H35N6O9P/c1-6-11-36-23(33)15(4)29-40(34)37-13-24(12-25,35-5)21(39-19(32)8-3)20(38-18(31)7-2)16-9-10-17-22(26)27-14-28-30(16)17/h9-10,14-15,20-21,40H,6-8,11,13H2,1-5H3,(H,29,34)(H2,26,27,28)/t15-,20-,21-,24+/m0/s1. The Morgan fingerprint density at radius 1 is 1.20 bits per heavy atom. The molecule has 0 aliphatic heterocycles. The predicted molar refractivity (Wildman–Crippen MR) is 141 cm³/mol. The average molecular weight is 583 g/mol. The van der Waals surface area contributed by atoms with E-state index in [1.807, 2.05) is 13.0 Å². The minimum atomic E-state index is -3.15. The van der Waals surface area contributed by atoms with Crippen LogP contribution in [0.1, 0.15) is 58.8 Å². The molecule has 0 saturated carbocycles. The summed E-state index contributed by atoms with van der Waals surface area (Å²) >= 11 is 0. The lowest BCUT2D eigenvalue weighted by Gasteiger charge is -2.37. The molecule has 2 aromatic heterocycles. The van der Waals surface area contributed by atoms with Crippen LogP contribution in [0.2, 0.25) is 0 Å². The topological polar surface area (TPSA) is 206 Å². The zero-order chi connectivity index (χ0) is 29.9. The number of rotatable bonds is 16. The van der Waals surface area contributed by atoms with Crippen LogP contribution in [0.4, 0.5) is 5.82 Å². The lowest BCUT2D eigenvalue weighted by atomic mass is 9.92. The normalized spacial score (nSPS) is 15.7. The number of aromatic nitrogens is 3. The Bertz CT molecular complexity index is 1250. The summed E-state index contributed by atoms with van der Waals surface area (Å²) in [5, 5.41) is 16.9. The summed E-state index contributed by atoms with van der Waals surface area (Å²) in [6, 6.07) is 4.04. The van der Waals surface area contributed by atoms with Crippen molar-refractivity contribution < 1.29 is 42.4 Å². The highest BCUT2D eigenvalue weighted by atomic mass is 31.1. The molecular weight excluding hydrogens is 547 g/mol. The summed E-state index contributed by atoms with van der Waals surface area (Å²) in [4.78, 5) is 41.0. The van der Waals surface area contributed by atoms with Crippen molar-refractivity contribution in [3.05, 3.63) is 24.2 Å². The Hall–Kier alpha value is -3.57. The van der Waals surface area contributed by atoms with E-state index in [4.69, 9.17) is 29.2 Å². The van der Waals surface area contributed by atoms with Gasteiger partial charge in [0.1, 0.15) is 30.6 Å². The van der Waals surface area contributed by atoms with Crippen LogP contribution in [0.3, 0.4) is 0 Å². The minimum absolute atomic E-state index is 0.0436. The van der Waals surface area contributed by atoms with Crippen LogP contribution >= 0.6 is 8.18 Å². The second-order valence-electron chi connectivity index (χ2n) is 8.54. The van der Waals surface area contributed by atoms with E-state index in [-0.39, 0.29) is 31.0 Å². The number of nitrogens with one attached hydrogen (secondary N) is 1. The second-order valence-corrected chi connectivity index (χ2v) is 9.70. The highest BCUT2D eigenvalue weighted by molar-refractivity contribution is 7.36. The maximum atomic E-state index is 12.7. The van der Waals surface area contributed by atoms with Crippen LogP contribution in [0.15, 0.2) is 18.5 Å². The van der Waals surface area contributed by atoms with E-state index in [0.717, 1.165) is 7.11 Å². The molecular formula is C24H35N6O9P. The maximum absolute atomic E-state index is 12.7. The van der Waals surface area contributed by atoms with Crippen LogP contribution in [0.25, 0.3) is 5.52 Å². The van der Waals surface area contributed by atoms with Gasteiger partial charge in [-0.2, -0.15) is 10.4 Å². The highest BCUT2D eigenvalue weighted by Crippen LogP contribution is 2.36. The van der Waals surface area contributed by atoms with Crippen molar-refractivity contribution >= 4 is 37.4 Å². The SMILES string of the molecule is CCCOC(=O)[C@H](C)N[PH](=O)OC[C@@](C#N)(OC)[C@@H](OC(=O)CC)[C@@H](OC(=O)CC)c1ccc2c(N)ncnn12. The molecule has 2 rings (SSSR count). The number of nitrogens with two attached hydrogens (primary N) is 1. The molecule has 0 aromatic carbocycles. The molecule has 0 saturated heterocycles. The fraction of sp³-hybridized carbons (Fsp3) is 0.583. The Labute approximate surface area is 232 Å². The zero-order valence-electron chi connectivity index (χ0n) is 23.0. The number of ether oxygens (including phenoxy) is 4. The molecule has 16 heteroatoms. The van der Waals surface area contributed by atoms with Crippen LogP contribution in [-0.4, -0.2) is 70.6 Å². The van der Waals surface area contributed by atoms with Crippen molar-refractivity contribution in [3.8, 4) is 6.07 Å². The predicted octanol–water partition coefficient (Wildman–Crippen LogP) is 1.87. The lowest BCUT2D eigenvalue weighted by Crippen LogP contribution is -2.53. The van der Waals surface area contributed by atoms with Gasteiger partial charge in [0.15, 0.2) is 18.0 Å². The van der Waals surface area contributed by atoms with Gasteiger partial charge in [-0.05, 0) is 25.5 Å². The Kier molecular flexibility index (Phi) is 12.5. The molecule has 2 aromatic rings. The molecule has 0 bridgehead atoms. The highest BCUT2D eigenvalue weighted by Gasteiger charge is 2.51. The van der Waals surface area contributed by atoms with Crippen molar-refractivity contribution in [2.24, 2.45) is 0 Å². The molecule has 0 fully saturated rings. The third-order valence-corrected chi connectivity index (χ3v) is 6.81. The van der Waals surface area contributed by atoms with Gasteiger partial charge in [0.05, 0.1) is 12.3 Å². The summed E-state index contributed by atoms with van der Waals surface area (Å²) in [6.07, 6.45) is -1.41. The number of hydrogen-bond acceptors (Lipinski definition) is 13. The number of fused-ring (bicyclic) bond motifs is 1. The van der Waals surface area contributed by atoms with Gasteiger partial charge in [-0.15, -0.1) is 0 Å². The molecule has 5 atom stereocenters. The van der Waals surface area contributed by atoms with Gasteiger partial charge in [-0.25, -0.2) is 14.6 Å². The summed E-state index contributed by atoms with van der Waals surface area (Å²) in [6.45, 7) is 5.85. The van der Waals surface area contributed by atoms with Crippen molar-refractivity contribution in [2.75, 3.05) is 26.1 Å². The van der Waals surface area contributed by atoms with Crippen LogP contribution in [0, 0.1) is 11.3 Å². The first-order valence-electron chi connectivity index (χ1n) is 12.6. The van der Waals surface area contributed by atoms with Gasteiger partial charge < -0.3 is 29.2 Å².